The number of carbonyl (C=O) groups is 1. The lowest BCUT2D eigenvalue weighted by Gasteiger charge is -2.06. The van der Waals surface area contributed by atoms with Gasteiger partial charge in [0.15, 0.2) is 16.8 Å². The van der Waals surface area contributed by atoms with Gasteiger partial charge in [0.2, 0.25) is 5.95 Å². The Morgan fingerprint density at radius 2 is 2.00 bits per heavy atom. The molecular weight excluding hydrogens is 295 g/mol. The molecule has 0 fully saturated rings. The highest BCUT2D eigenvalue weighted by Gasteiger charge is 2.20. The number of hydrogen-bond donors (Lipinski definition) is 0. The number of aromatic nitrogens is 3. The molecular formula is C11H8F3N3O2S. The molecule has 0 aliphatic rings. The molecule has 0 N–H and O–H groups in total. The van der Waals surface area contributed by atoms with Crippen LogP contribution in [0.3, 0.4) is 0 Å². The van der Waals surface area contributed by atoms with Crippen molar-refractivity contribution in [2.75, 3.05) is 7.11 Å². The number of halogens is 3. The molecule has 0 aromatic carbocycles. The molecule has 0 amide bonds. The van der Waals surface area contributed by atoms with Crippen LogP contribution in [0, 0.1) is 17.6 Å². The third-order valence-corrected chi connectivity index (χ3v) is 3.56. The molecule has 0 unspecified atom stereocenters. The number of rotatable bonds is 3. The maximum atomic E-state index is 13.5. The first-order valence-corrected chi connectivity index (χ1v) is 6.04. The van der Waals surface area contributed by atoms with Crippen molar-refractivity contribution in [1.82, 2.24) is 14.5 Å². The van der Waals surface area contributed by atoms with Gasteiger partial charge in [-0.2, -0.15) is 4.39 Å². The Bertz CT molecular complexity index is 675. The van der Waals surface area contributed by atoms with Gasteiger partial charge in [-0.1, -0.05) is 0 Å². The third-order valence-electron chi connectivity index (χ3n) is 2.42. The van der Waals surface area contributed by atoms with Crippen molar-refractivity contribution in [2.45, 2.75) is 10.1 Å². The summed E-state index contributed by atoms with van der Waals surface area (Å²) in [5.74, 6) is -4.47. The molecule has 0 aliphatic heterocycles. The molecule has 0 bridgehead atoms. The molecule has 0 saturated heterocycles. The average molecular weight is 303 g/mol. The third kappa shape index (κ3) is 2.48. The minimum Gasteiger partial charge on any atom is -0.464 e. The van der Waals surface area contributed by atoms with Crippen LogP contribution < -0.4 is 0 Å². The standard InChI is InChI=1S/C11H8F3N3O2S/c1-17-6(10(18)19-2)4-16-11(17)20-8-5(12)3-15-9(14)7(8)13/h3-4H,1-2H3. The first-order chi connectivity index (χ1) is 9.45. The molecule has 20 heavy (non-hydrogen) atoms. The molecule has 0 atom stereocenters. The van der Waals surface area contributed by atoms with Gasteiger partial charge >= 0.3 is 5.97 Å². The van der Waals surface area contributed by atoms with Gasteiger partial charge in [0.25, 0.3) is 0 Å². The fourth-order valence-corrected chi connectivity index (χ4v) is 2.24. The van der Waals surface area contributed by atoms with E-state index in [4.69, 9.17) is 0 Å². The van der Waals surface area contributed by atoms with Gasteiger partial charge in [0.05, 0.1) is 24.4 Å². The van der Waals surface area contributed by atoms with E-state index >= 15 is 0 Å². The van der Waals surface area contributed by atoms with Crippen LogP contribution in [0.2, 0.25) is 0 Å². The van der Waals surface area contributed by atoms with Gasteiger partial charge < -0.3 is 9.30 Å². The van der Waals surface area contributed by atoms with E-state index < -0.39 is 28.4 Å². The lowest BCUT2D eigenvalue weighted by Crippen LogP contribution is -2.08. The van der Waals surface area contributed by atoms with E-state index in [1.807, 2.05) is 0 Å². The first kappa shape index (κ1) is 14.4. The highest BCUT2D eigenvalue weighted by molar-refractivity contribution is 7.99. The highest BCUT2D eigenvalue weighted by Crippen LogP contribution is 2.31. The fourth-order valence-electron chi connectivity index (χ4n) is 1.39. The minimum atomic E-state index is -1.41. The fraction of sp³-hybridized carbons (Fsp3) is 0.182. The summed E-state index contributed by atoms with van der Waals surface area (Å²) in [6.45, 7) is 0. The van der Waals surface area contributed by atoms with Crippen molar-refractivity contribution < 1.29 is 22.7 Å². The van der Waals surface area contributed by atoms with Gasteiger partial charge in [-0.3, -0.25) is 0 Å². The topological polar surface area (TPSA) is 57.0 Å². The largest absolute Gasteiger partial charge is 0.464 e. The summed E-state index contributed by atoms with van der Waals surface area (Å²) in [6, 6.07) is 0. The summed E-state index contributed by atoms with van der Waals surface area (Å²) in [7, 11) is 2.66. The van der Waals surface area contributed by atoms with E-state index in [-0.39, 0.29) is 10.9 Å². The molecule has 0 radical (unpaired) electrons. The summed E-state index contributed by atoms with van der Waals surface area (Å²) in [6.07, 6.45) is 1.77. The number of ether oxygens (including phenoxy) is 1. The number of nitrogens with zero attached hydrogens (tertiary/aromatic N) is 3. The maximum Gasteiger partial charge on any atom is 0.356 e. The van der Waals surface area contributed by atoms with E-state index in [1.165, 1.54) is 24.9 Å². The summed E-state index contributed by atoms with van der Waals surface area (Å²) in [5, 5.41) is 0.105. The maximum absolute atomic E-state index is 13.5. The lowest BCUT2D eigenvalue weighted by atomic mass is 10.4. The second-order valence-electron chi connectivity index (χ2n) is 3.62. The summed E-state index contributed by atoms with van der Waals surface area (Å²) >= 11 is 0.544. The zero-order valence-electron chi connectivity index (χ0n) is 10.4. The zero-order valence-corrected chi connectivity index (χ0v) is 11.2. The van der Waals surface area contributed by atoms with Crippen LogP contribution >= 0.6 is 11.8 Å². The number of pyridine rings is 1. The Hall–Kier alpha value is -2.03. The smallest absolute Gasteiger partial charge is 0.356 e. The number of carbonyl (C=O) groups excluding carboxylic acids is 1. The Labute approximate surface area is 115 Å². The minimum absolute atomic E-state index is 0.102. The second kappa shape index (κ2) is 5.53. The van der Waals surface area contributed by atoms with Crippen LogP contribution in [0.15, 0.2) is 22.4 Å². The number of esters is 1. The van der Waals surface area contributed by atoms with Gasteiger partial charge in [-0.05, 0) is 11.8 Å². The Kier molecular flexibility index (Phi) is 3.98. The van der Waals surface area contributed by atoms with Gasteiger partial charge in [-0.25, -0.2) is 23.5 Å². The van der Waals surface area contributed by atoms with Crippen LogP contribution in [0.5, 0.6) is 0 Å². The number of hydrogen-bond acceptors (Lipinski definition) is 5. The normalized spacial score (nSPS) is 10.7. The van der Waals surface area contributed by atoms with Crippen molar-refractivity contribution in [3.05, 3.63) is 35.7 Å². The van der Waals surface area contributed by atoms with Crippen LogP contribution in [0.1, 0.15) is 10.5 Å². The van der Waals surface area contributed by atoms with Crippen LogP contribution in [-0.2, 0) is 11.8 Å². The van der Waals surface area contributed by atoms with Crippen molar-refractivity contribution in [2.24, 2.45) is 7.05 Å². The highest BCUT2D eigenvalue weighted by atomic mass is 32.2. The van der Waals surface area contributed by atoms with Crippen molar-refractivity contribution in [3.8, 4) is 0 Å². The van der Waals surface area contributed by atoms with Crippen molar-refractivity contribution in [3.63, 3.8) is 0 Å². The molecule has 2 rings (SSSR count). The average Bonchev–Trinajstić information content (AvgIpc) is 2.79. The molecule has 2 heterocycles. The Morgan fingerprint density at radius 3 is 2.65 bits per heavy atom. The second-order valence-corrected chi connectivity index (χ2v) is 4.60. The van der Waals surface area contributed by atoms with Crippen molar-refractivity contribution in [1.29, 1.82) is 0 Å². The molecule has 5 nitrogen and oxygen atoms in total. The molecule has 9 heteroatoms. The van der Waals surface area contributed by atoms with E-state index in [1.54, 1.807) is 0 Å². The zero-order chi connectivity index (χ0) is 14.9. The molecule has 0 aliphatic carbocycles. The quantitative estimate of drug-likeness (QED) is 0.642. The summed E-state index contributed by atoms with van der Waals surface area (Å²) in [5.41, 5.74) is 0.102. The first-order valence-electron chi connectivity index (χ1n) is 5.23. The van der Waals surface area contributed by atoms with Gasteiger partial charge in [0.1, 0.15) is 5.69 Å². The number of imidazole rings is 1. The Morgan fingerprint density at radius 1 is 1.30 bits per heavy atom. The molecule has 2 aromatic rings. The van der Waals surface area contributed by atoms with Crippen LogP contribution in [0.4, 0.5) is 13.2 Å². The van der Waals surface area contributed by atoms with Gasteiger partial charge in [0, 0.05) is 7.05 Å². The van der Waals surface area contributed by atoms with E-state index in [0.29, 0.717) is 18.0 Å². The predicted molar refractivity (Wildman–Crippen MR) is 62.8 cm³/mol. The SMILES string of the molecule is COC(=O)c1cnc(Sc2c(F)cnc(F)c2F)n1C. The predicted octanol–water partition coefficient (Wildman–Crippen LogP) is 2.17. The van der Waals surface area contributed by atoms with E-state index in [2.05, 4.69) is 14.7 Å². The molecule has 0 saturated carbocycles. The Balaban J connectivity index is 2.39. The molecule has 0 spiro atoms. The number of methoxy groups -OCH3 is 1. The van der Waals surface area contributed by atoms with E-state index in [9.17, 15) is 18.0 Å². The van der Waals surface area contributed by atoms with Crippen LogP contribution in [-0.4, -0.2) is 27.6 Å². The molecule has 106 valence electrons. The van der Waals surface area contributed by atoms with Crippen LogP contribution in [0.25, 0.3) is 0 Å². The van der Waals surface area contributed by atoms with Gasteiger partial charge in [-0.15, -0.1) is 0 Å². The lowest BCUT2D eigenvalue weighted by molar-refractivity contribution is 0.0589. The molecule has 2 aromatic heterocycles. The summed E-state index contributed by atoms with van der Waals surface area (Å²) < 4.78 is 45.7. The monoisotopic (exact) mass is 303 g/mol. The van der Waals surface area contributed by atoms with E-state index in [0.717, 1.165) is 0 Å². The van der Waals surface area contributed by atoms with Crippen molar-refractivity contribution >= 4 is 17.7 Å². The summed E-state index contributed by atoms with van der Waals surface area (Å²) in [4.78, 5) is 17.6.